The van der Waals surface area contributed by atoms with E-state index in [-0.39, 0.29) is 24.0 Å². The van der Waals surface area contributed by atoms with Crippen LogP contribution in [0.2, 0.25) is 0 Å². The van der Waals surface area contributed by atoms with Crippen LogP contribution >= 0.6 is 35.7 Å². The summed E-state index contributed by atoms with van der Waals surface area (Å²) in [6, 6.07) is 10.4. The first-order valence-electron chi connectivity index (χ1n) is 8.31. The monoisotopic (exact) mass is 486 g/mol. The van der Waals surface area contributed by atoms with E-state index < -0.39 is 0 Å². The van der Waals surface area contributed by atoms with E-state index in [4.69, 9.17) is 4.74 Å². The van der Waals surface area contributed by atoms with Crippen molar-refractivity contribution in [1.29, 1.82) is 0 Å². The lowest BCUT2D eigenvalue weighted by molar-refractivity contribution is 0.397. The van der Waals surface area contributed by atoms with Crippen molar-refractivity contribution in [3.63, 3.8) is 0 Å². The highest BCUT2D eigenvalue weighted by Crippen LogP contribution is 2.21. The van der Waals surface area contributed by atoms with E-state index >= 15 is 0 Å². The molecule has 0 aliphatic heterocycles. The molecule has 0 amide bonds. The lowest BCUT2D eigenvalue weighted by Gasteiger charge is -2.14. The number of aryl methyl sites for hydroxylation is 1. The molecular formula is C19H27IN4OS. The Kier molecular flexibility index (Phi) is 10.4. The zero-order chi connectivity index (χ0) is 18.1. The first-order chi connectivity index (χ1) is 12.2. The average molecular weight is 486 g/mol. The second kappa shape index (κ2) is 12.0. The maximum atomic E-state index is 5.16. The van der Waals surface area contributed by atoms with Gasteiger partial charge in [0.2, 0.25) is 5.88 Å². The molecule has 2 aromatic rings. The number of halogens is 1. The van der Waals surface area contributed by atoms with Gasteiger partial charge in [0, 0.05) is 30.2 Å². The molecule has 1 heterocycles. The molecule has 0 saturated heterocycles. The van der Waals surface area contributed by atoms with Gasteiger partial charge in [-0.15, -0.1) is 35.7 Å². The lowest BCUT2D eigenvalue weighted by Crippen LogP contribution is -2.36. The predicted octanol–water partition coefficient (Wildman–Crippen LogP) is 3.99. The summed E-state index contributed by atoms with van der Waals surface area (Å²) in [4.78, 5) is 10.1. The molecule has 0 fully saturated rings. The van der Waals surface area contributed by atoms with Gasteiger partial charge in [-0.2, -0.15) is 0 Å². The van der Waals surface area contributed by atoms with E-state index in [1.54, 1.807) is 25.1 Å². The number of nitrogens with zero attached hydrogens (tertiary/aromatic N) is 2. The highest BCUT2D eigenvalue weighted by atomic mass is 127. The van der Waals surface area contributed by atoms with Crippen molar-refractivity contribution in [3.05, 3.63) is 53.2 Å². The van der Waals surface area contributed by atoms with Crippen LogP contribution in [0, 0.1) is 6.92 Å². The molecule has 0 saturated carbocycles. The molecule has 0 bridgehead atoms. The third-order valence-corrected chi connectivity index (χ3v) is 4.48. The molecule has 0 aliphatic rings. The fourth-order valence-electron chi connectivity index (χ4n) is 2.35. The zero-order valence-electron chi connectivity index (χ0n) is 15.7. The van der Waals surface area contributed by atoms with E-state index in [0.29, 0.717) is 12.4 Å². The normalized spacial score (nSPS) is 10.8. The molecule has 26 heavy (non-hydrogen) atoms. The molecule has 1 aromatic carbocycles. The molecule has 142 valence electrons. The summed E-state index contributed by atoms with van der Waals surface area (Å²) in [5.74, 6) is 1.40. The van der Waals surface area contributed by atoms with Crippen molar-refractivity contribution in [2.24, 2.45) is 4.99 Å². The number of hydrogen-bond donors (Lipinski definition) is 2. The van der Waals surface area contributed by atoms with Crippen LogP contribution in [0.15, 0.2) is 46.4 Å². The molecule has 0 aliphatic carbocycles. The van der Waals surface area contributed by atoms with Crippen LogP contribution in [0.4, 0.5) is 0 Å². The number of rotatable bonds is 7. The van der Waals surface area contributed by atoms with Crippen LogP contribution in [0.3, 0.4) is 0 Å². The van der Waals surface area contributed by atoms with Gasteiger partial charge in [0.15, 0.2) is 5.96 Å². The predicted molar refractivity (Wildman–Crippen MR) is 121 cm³/mol. The Labute approximate surface area is 177 Å². The Balaban J connectivity index is 0.00000338. The fourth-order valence-corrected chi connectivity index (χ4v) is 3.06. The summed E-state index contributed by atoms with van der Waals surface area (Å²) < 4.78 is 5.16. The Hall–Kier alpha value is -1.48. The number of nitrogens with one attached hydrogen (secondary N) is 2. The molecule has 0 spiro atoms. The standard InChI is InChI=1S/C19H26N4OS.HI/c1-5-20-19(22-12-15-8-9-21-18(11-15)24-3)23-13-16-7-6-14(2)10-17(16)25-4;/h6-11H,5,12-13H2,1-4H3,(H2,20,22,23);1H. The summed E-state index contributed by atoms with van der Waals surface area (Å²) in [7, 11) is 1.62. The van der Waals surface area contributed by atoms with Crippen molar-refractivity contribution in [2.45, 2.75) is 31.8 Å². The van der Waals surface area contributed by atoms with E-state index in [9.17, 15) is 0 Å². The molecule has 0 atom stereocenters. The van der Waals surface area contributed by atoms with Gasteiger partial charge in [-0.05, 0) is 48.9 Å². The van der Waals surface area contributed by atoms with Gasteiger partial charge in [-0.25, -0.2) is 9.98 Å². The van der Waals surface area contributed by atoms with Gasteiger partial charge in [0.25, 0.3) is 0 Å². The van der Waals surface area contributed by atoms with Crippen molar-refractivity contribution in [3.8, 4) is 5.88 Å². The molecule has 1 aromatic heterocycles. The molecule has 5 nitrogen and oxygen atoms in total. The number of methoxy groups -OCH3 is 1. The van der Waals surface area contributed by atoms with Gasteiger partial charge in [-0.1, -0.05) is 12.1 Å². The molecule has 7 heteroatoms. The van der Waals surface area contributed by atoms with Crippen LogP contribution in [-0.2, 0) is 13.1 Å². The Morgan fingerprint density at radius 1 is 1.23 bits per heavy atom. The minimum absolute atomic E-state index is 0. The quantitative estimate of drug-likeness (QED) is 0.268. The van der Waals surface area contributed by atoms with Crippen LogP contribution in [0.5, 0.6) is 5.88 Å². The summed E-state index contributed by atoms with van der Waals surface area (Å²) in [6.45, 7) is 6.30. The maximum absolute atomic E-state index is 5.16. The van der Waals surface area contributed by atoms with E-state index in [1.807, 2.05) is 12.1 Å². The number of guanidine groups is 1. The Morgan fingerprint density at radius 2 is 2.04 bits per heavy atom. The topological polar surface area (TPSA) is 58.5 Å². The average Bonchev–Trinajstić information content (AvgIpc) is 2.64. The molecular weight excluding hydrogens is 459 g/mol. The number of aliphatic imine (C=N–C) groups is 1. The largest absolute Gasteiger partial charge is 0.481 e. The van der Waals surface area contributed by atoms with Gasteiger partial charge >= 0.3 is 0 Å². The third kappa shape index (κ3) is 7.03. The van der Waals surface area contributed by atoms with E-state index in [1.165, 1.54) is 16.0 Å². The fraction of sp³-hybridized carbons (Fsp3) is 0.368. The number of pyridine rings is 1. The highest BCUT2D eigenvalue weighted by molar-refractivity contribution is 14.0. The third-order valence-electron chi connectivity index (χ3n) is 3.66. The minimum atomic E-state index is 0. The van der Waals surface area contributed by atoms with Gasteiger partial charge in [0.1, 0.15) is 0 Å². The van der Waals surface area contributed by atoms with Crippen LogP contribution in [-0.4, -0.2) is 30.9 Å². The molecule has 0 radical (unpaired) electrons. The van der Waals surface area contributed by atoms with Crippen LogP contribution in [0.1, 0.15) is 23.6 Å². The lowest BCUT2D eigenvalue weighted by atomic mass is 10.1. The van der Waals surface area contributed by atoms with E-state index in [2.05, 4.69) is 58.9 Å². The van der Waals surface area contributed by atoms with Crippen molar-refractivity contribution in [1.82, 2.24) is 15.6 Å². The van der Waals surface area contributed by atoms with Crippen molar-refractivity contribution < 1.29 is 4.74 Å². The molecule has 2 N–H and O–H groups in total. The van der Waals surface area contributed by atoms with Crippen LogP contribution < -0.4 is 15.4 Å². The first-order valence-corrected chi connectivity index (χ1v) is 9.53. The number of hydrogen-bond acceptors (Lipinski definition) is 4. The van der Waals surface area contributed by atoms with E-state index in [0.717, 1.165) is 24.6 Å². The summed E-state index contributed by atoms with van der Waals surface area (Å²) in [6.07, 6.45) is 3.84. The van der Waals surface area contributed by atoms with Gasteiger partial charge in [-0.3, -0.25) is 0 Å². The molecule has 2 rings (SSSR count). The number of ether oxygens (including phenoxy) is 1. The number of aromatic nitrogens is 1. The first kappa shape index (κ1) is 22.6. The summed E-state index contributed by atoms with van der Waals surface area (Å²) in [5, 5.41) is 6.69. The molecule has 0 unspecified atom stereocenters. The summed E-state index contributed by atoms with van der Waals surface area (Å²) >= 11 is 1.77. The second-order valence-electron chi connectivity index (χ2n) is 5.57. The van der Waals surface area contributed by atoms with Crippen molar-refractivity contribution >= 4 is 41.7 Å². The smallest absolute Gasteiger partial charge is 0.213 e. The highest BCUT2D eigenvalue weighted by Gasteiger charge is 2.04. The number of thioether (sulfide) groups is 1. The van der Waals surface area contributed by atoms with Crippen molar-refractivity contribution in [2.75, 3.05) is 19.9 Å². The Morgan fingerprint density at radius 3 is 2.73 bits per heavy atom. The zero-order valence-corrected chi connectivity index (χ0v) is 18.9. The van der Waals surface area contributed by atoms with Crippen LogP contribution in [0.25, 0.3) is 0 Å². The maximum Gasteiger partial charge on any atom is 0.213 e. The van der Waals surface area contributed by atoms with Gasteiger partial charge in [0.05, 0.1) is 13.7 Å². The number of benzene rings is 1. The van der Waals surface area contributed by atoms with Gasteiger partial charge < -0.3 is 15.4 Å². The SMILES string of the molecule is CCNC(=NCc1ccnc(OC)c1)NCc1ccc(C)cc1SC.I. The summed E-state index contributed by atoms with van der Waals surface area (Å²) in [5.41, 5.74) is 3.61. The minimum Gasteiger partial charge on any atom is -0.481 e. The Bertz CT molecular complexity index is 724. The second-order valence-corrected chi connectivity index (χ2v) is 6.42.